The van der Waals surface area contributed by atoms with Crippen molar-refractivity contribution >= 4 is 23.5 Å². The molecule has 0 aliphatic carbocycles. The van der Waals surface area contributed by atoms with E-state index in [1.807, 2.05) is 0 Å². The van der Waals surface area contributed by atoms with Crippen LogP contribution in [0.5, 0.6) is 0 Å². The van der Waals surface area contributed by atoms with Crippen molar-refractivity contribution in [3.05, 3.63) is 0 Å². The smallest absolute Gasteiger partial charge is 0.116 e. The van der Waals surface area contributed by atoms with Crippen molar-refractivity contribution in [1.29, 1.82) is 0 Å². The lowest BCUT2D eigenvalue weighted by Crippen LogP contribution is -2.58. The molecule has 1 heterocycles. The molecule has 0 bridgehead atoms. The third-order valence-corrected chi connectivity index (χ3v) is 6.48. The van der Waals surface area contributed by atoms with E-state index in [0.717, 1.165) is 5.82 Å². The van der Waals surface area contributed by atoms with E-state index in [-0.39, 0.29) is 0 Å². The second-order valence-corrected chi connectivity index (χ2v) is 8.61. The predicted molar refractivity (Wildman–Crippen MR) is 109 cm³/mol. The van der Waals surface area contributed by atoms with Gasteiger partial charge in [0.15, 0.2) is 0 Å². The van der Waals surface area contributed by atoms with Gasteiger partial charge in [-0.3, -0.25) is 0 Å². The molecule has 0 radical (unpaired) electrons. The Bertz CT molecular complexity index is 295. The van der Waals surface area contributed by atoms with Crippen LogP contribution in [-0.2, 0) is 0 Å². The van der Waals surface area contributed by atoms with Crippen LogP contribution in [0.15, 0.2) is 0 Å². The van der Waals surface area contributed by atoms with Gasteiger partial charge in [0.1, 0.15) is 23.5 Å². The normalized spacial score (nSPS) is 22.2. The minimum atomic E-state index is 0.379. The van der Waals surface area contributed by atoms with Crippen molar-refractivity contribution in [2.75, 3.05) is 6.54 Å². The first-order valence-corrected chi connectivity index (χ1v) is 10.2. The maximum absolute atomic E-state index is 2.89. The van der Waals surface area contributed by atoms with Crippen molar-refractivity contribution < 1.29 is 0 Å². The summed E-state index contributed by atoms with van der Waals surface area (Å²) in [4.78, 5) is 2.89. The minimum Gasteiger partial charge on any atom is -0.308 e. The van der Waals surface area contributed by atoms with Crippen LogP contribution >= 0.6 is 0 Å². The SMILES string of the molecule is BC1CCN(C(C)(CCCCCC)CCCCCC)C1(B)B. The Balaban J connectivity index is 2.67. The molecule has 1 atom stereocenters. The number of hydrogen-bond donors (Lipinski definition) is 0. The first kappa shape index (κ1) is 20.2. The van der Waals surface area contributed by atoms with Crippen LogP contribution in [0, 0.1) is 0 Å². The fraction of sp³-hybridized carbons (Fsp3) is 1.00. The molecule has 126 valence electrons. The summed E-state index contributed by atoms with van der Waals surface area (Å²) in [7, 11) is 7.43. The van der Waals surface area contributed by atoms with E-state index >= 15 is 0 Å². The molecule has 1 saturated heterocycles. The number of nitrogens with zero attached hydrogens (tertiary/aromatic N) is 1. The topological polar surface area (TPSA) is 3.24 Å². The second-order valence-electron chi connectivity index (χ2n) is 8.61. The highest BCUT2D eigenvalue weighted by Gasteiger charge is 2.45. The van der Waals surface area contributed by atoms with Crippen LogP contribution in [0.3, 0.4) is 0 Å². The summed E-state index contributed by atoms with van der Waals surface area (Å²) in [6.07, 6.45) is 15.4. The molecule has 1 nitrogen and oxygen atoms in total. The fourth-order valence-corrected chi connectivity index (χ4v) is 4.46. The van der Waals surface area contributed by atoms with E-state index in [2.05, 4.69) is 49.2 Å². The van der Waals surface area contributed by atoms with Crippen molar-refractivity contribution in [1.82, 2.24) is 4.90 Å². The summed E-state index contributed by atoms with van der Waals surface area (Å²) in [5, 5.41) is 0.379. The maximum Gasteiger partial charge on any atom is 0.116 e. The number of rotatable bonds is 11. The monoisotopic (exact) mass is 303 g/mol. The van der Waals surface area contributed by atoms with Gasteiger partial charge in [-0.2, -0.15) is 0 Å². The van der Waals surface area contributed by atoms with Crippen molar-refractivity contribution in [3.8, 4) is 0 Å². The standard InChI is InChI=1S/C18H40B3N/c1-4-6-8-10-13-17(3,14-11-9-7-5-2)22-15-12-16(19)18(22,20)21/h16H,4-15,19-21H2,1-3H3. The second kappa shape index (κ2) is 9.45. The molecule has 1 fully saturated rings. The zero-order chi connectivity index (χ0) is 16.6. The molecule has 0 aromatic rings. The average molecular weight is 303 g/mol. The number of hydrogen-bond acceptors (Lipinski definition) is 1. The molecule has 0 amide bonds. The Kier molecular flexibility index (Phi) is 8.68. The van der Waals surface area contributed by atoms with Gasteiger partial charge in [-0.25, -0.2) is 0 Å². The Morgan fingerprint density at radius 2 is 1.45 bits per heavy atom. The van der Waals surface area contributed by atoms with E-state index < -0.39 is 0 Å². The van der Waals surface area contributed by atoms with Gasteiger partial charge in [-0.15, -0.1) is 0 Å². The number of likely N-dealkylation sites (tertiary alicyclic amines) is 1. The first-order chi connectivity index (χ1) is 10.4. The summed E-state index contributed by atoms with van der Waals surface area (Å²) in [5.41, 5.74) is 0.426. The molecule has 0 aromatic heterocycles. The predicted octanol–water partition coefficient (Wildman–Crippen LogP) is 2.73. The van der Waals surface area contributed by atoms with Crippen LogP contribution in [0.2, 0.25) is 5.82 Å². The van der Waals surface area contributed by atoms with Crippen LogP contribution in [0.25, 0.3) is 0 Å². The molecule has 22 heavy (non-hydrogen) atoms. The van der Waals surface area contributed by atoms with Crippen molar-refractivity contribution in [3.63, 3.8) is 0 Å². The molecule has 0 aromatic carbocycles. The maximum atomic E-state index is 2.89. The molecule has 0 saturated carbocycles. The van der Waals surface area contributed by atoms with Gasteiger partial charge in [0.05, 0.1) is 0 Å². The summed E-state index contributed by atoms with van der Waals surface area (Å²) in [6.45, 7) is 8.52. The summed E-state index contributed by atoms with van der Waals surface area (Å²) >= 11 is 0. The lowest BCUT2D eigenvalue weighted by molar-refractivity contribution is 0.0795. The lowest BCUT2D eigenvalue weighted by Gasteiger charge is -2.49. The molecule has 1 unspecified atom stereocenters. The van der Waals surface area contributed by atoms with E-state index in [4.69, 9.17) is 0 Å². The molecular formula is C18H40B3N. The lowest BCUT2D eigenvalue weighted by atomic mass is 9.49. The molecular weight excluding hydrogens is 263 g/mol. The van der Waals surface area contributed by atoms with E-state index in [1.165, 1.54) is 77.2 Å². The van der Waals surface area contributed by atoms with Gasteiger partial charge in [0, 0.05) is 5.54 Å². The van der Waals surface area contributed by atoms with Crippen LogP contribution < -0.4 is 0 Å². The zero-order valence-electron chi connectivity index (χ0n) is 16.5. The Morgan fingerprint density at radius 3 is 1.82 bits per heavy atom. The third kappa shape index (κ3) is 5.36. The van der Waals surface area contributed by atoms with Crippen molar-refractivity contribution in [2.24, 2.45) is 0 Å². The van der Waals surface area contributed by atoms with Crippen LogP contribution in [0.4, 0.5) is 0 Å². The van der Waals surface area contributed by atoms with Gasteiger partial charge in [0.25, 0.3) is 0 Å². The van der Waals surface area contributed by atoms with Gasteiger partial charge in [-0.1, -0.05) is 71.0 Å². The van der Waals surface area contributed by atoms with Gasteiger partial charge in [0.2, 0.25) is 0 Å². The summed E-state index contributed by atoms with van der Waals surface area (Å²) in [6, 6.07) is 0. The highest BCUT2D eigenvalue weighted by molar-refractivity contribution is 6.44. The van der Waals surface area contributed by atoms with E-state index in [9.17, 15) is 0 Å². The van der Waals surface area contributed by atoms with E-state index in [0.29, 0.717) is 10.9 Å². The average Bonchev–Trinajstić information content (AvgIpc) is 2.75. The minimum absolute atomic E-state index is 0.379. The molecule has 0 N–H and O–H groups in total. The first-order valence-electron chi connectivity index (χ1n) is 10.2. The quantitative estimate of drug-likeness (QED) is 0.419. The van der Waals surface area contributed by atoms with Crippen LogP contribution in [-0.4, -0.2) is 45.9 Å². The van der Waals surface area contributed by atoms with Gasteiger partial charge in [-0.05, 0) is 38.1 Å². The van der Waals surface area contributed by atoms with Crippen molar-refractivity contribution in [2.45, 2.75) is 108 Å². The van der Waals surface area contributed by atoms with E-state index in [1.54, 1.807) is 0 Å². The zero-order valence-corrected chi connectivity index (χ0v) is 16.5. The molecule has 1 rings (SSSR count). The Labute approximate surface area is 143 Å². The molecule has 0 spiro atoms. The highest BCUT2D eigenvalue weighted by atomic mass is 15.3. The van der Waals surface area contributed by atoms with Gasteiger partial charge < -0.3 is 4.90 Å². The fourth-order valence-electron chi connectivity index (χ4n) is 4.46. The van der Waals surface area contributed by atoms with Gasteiger partial charge >= 0.3 is 0 Å². The Hall–Kier alpha value is 0.155. The third-order valence-electron chi connectivity index (χ3n) is 6.48. The molecule has 1 aliphatic heterocycles. The molecule has 1 aliphatic rings. The summed E-state index contributed by atoms with van der Waals surface area (Å²) in [5.74, 6) is 0.832. The largest absolute Gasteiger partial charge is 0.308 e. The highest BCUT2D eigenvalue weighted by Crippen LogP contribution is 2.42. The Morgan fingerprint density at radius 1 is 0.955 bits per heavy atom. The molecule has 4 heteroatoms. The van der Waals surface area contributed by atoms with Crippen LogP contribution in [0.1, 0.15) is 91.4 Å². The summed E-state index contributed by atoms with van der Waals surface area (Å²) < 4.78 is 0. The number of unbranched alkanes of at least 4 members (excludes halogenated alkanes) is 6.